The topological polar surface area (TPSA) is 56.5 Å². The predicted molar refractivity (Wildman–Crippen MR) is 76.5 cm³/mol. The zero-order valence-electron chi connectivity index (χ0n) is 11.1. The molecule has 100 valence electrons. The maximum absolute atomic E-state index is 12.5. The van der Waals surface area contributed by atoms with E-state index in [0.717, 1.165) is 0 Å². The molecule has 1 heterocycles. The minimum Gasteiger partial charge on any atom is -0.493 e. The van der Waals surface area contributed by atoms with Crippen LogP contribution in [0.3, 0.4) is 0 Å². The molecule has 3 rings (SSSR count). The Kier molecular flexibility index (Phi) is 2.79. The molecule has 0 aliphatic carbocycles. The highest BCUT2D eigenvalue weighted by Gasteiger charge is 2.14. The third-order valence-corrected chi connectivity index (χ3v) is 3.27. The molecule has 0 saturated carbocycles. The minimum absolute atomic E-state index is 0.127. The first-order valence-electron chi connectivity index (χ1n) is 6.16. The SMILES string of the molecule is COc1cc(C(C)=O)cc2c(=O)c3ccccc3oc12. The lowest BCUT2D eigenvalue weighted by Crippen LogP contribution is -2.05. The fraction of sp³-hybridized carbons (Fsp3) is 0.125. The molecule has 0 atom stereocenters. The van der Waals surface area contributed by atoms with E-state index >= 15 is 0 Å². The van der Waals surface area contributed by atoms with Crippen molar-refractivity contribution in [2.75, 3.05) is 7.11 Å². The van der Waals surface area contributed by atoms with Gasteiger partial charge in [-0.1, -0.05) is 12.1 Å². The van der Waals surface area contributed by atoms with Gasteiger partial charge in [-0.15, -0.1) is 0 Å². The zero-order chi connectivity index (χ0) is 14.3. The fourth-order valence-corrected chi connectivity index (χ4v) is 2.23. The summed E-state index contributed by atoms with van der Waals surface area (Å²) in [7, 11) is 1.48. The van der Waals surface area contributed by atoms with Gasteiger partial charge in [0.25, 0.3) is 0 Å². The number of methoxy groups -OCH3 is 1. The molecule has 3 aromatic rings. The monoisotopic (exact) mass is 268 g/mol. The third-order valence-electron chi connectivity index (χ3n) is 3.27. The molecule has 0 N–H and O–H groups in total. The normalized spacial score (nSPS) is 10.9. The molecule has 2 aromatic carbocycles. The summed E-state index contributed by atoms with van der Waals surface area (Å²) in [5.74, 6) is 0.258. The van der Waals surface area contributed by atoms with Crippen molar-refractivity contribution in [2.24, 2.45) is 0 Å². The van der Waals surface area contributed by atoms with Gasteiger partial charge < -0.3 is 9.15 Å². The maximum atomic E-state index is 12.5. The Balaban J connectivity index is 2.54. The van der Waals surface area contributed by atoms with Gasteiger partial charge in [0.1, 0.15) is 5.58 Å². The van der Waals surface area contributed by atoms with Crippen molar-refractivity contribution in [3.8, 4) is 5.75 Å². The molecule has 0 spiro atoms. The van der Waals surface area contributed by atoms with Crippen LogP contribution in [-0.2, 0) is 0 Å². The van der Waals surface area contributed by atoms with E-state index in [1.807, 2.05) is 0 Å². The molecule has 0 radical (unpaired) electrons. The Morgan fingerprint density at radius 2 is 1.90 bits per heavy atom. The van der Waals surface area contributed by atoms with Crippen LogP contribution < -0.4 is 10.2 Å². The van der Waals surface area contributed by atoms with Crippen molar-refractivity contribution in [1.82, 2.24) is 0 Å². The van der Waals surface area contributed by atoms with Crippen molar-refractivity contribution in [3.05, 3.63) is 52.2 Å². The van der Waals surface area contributed by atoms with E-state index in [9.17, 15) is 9.59 Å². The Bertz CT molecular complexity index is 890. The van der Waals surface area contributed by atoms with E-state index in [4.69, 9.17) is 9.15 Å². The molecule has 0 saturated heterocycles. The lowest BCUT2D eigenvalue weighted by molar-refractivity contribution is 0.101. The summed E-state index contributed by atoms with van der Waals surface area (Å²) in [6.07, 6.45) is 0. The van der Waals surface area contributed by atoms with Gasteiger partial charge in [0.05, 0.1) is 17.9 Å². The molecule has 0 fully saturated rings. The van der Waals surface area contributed by atoms with Crippen molar-refractivity contribution in [1.29, 1.82) is 0 Å². The van der Waals surface area contributed by atoms with E-state index in [-0.39, 0.29) is 11.2 Å². The Labute approximate surface area is 114 Å². The number of hydrogen-bond donors (Lipinski definition) is 0. The quantitative estimate of drug-likeness (QED) is 0.529. The zero-order valence-corrected chi connectivity index (χ0v) is 11.1. The fourth-order valence-electron chi connectivity index (χ4n) is 2.23. The van der Waals surface area contributed by atoms with Crippen LogP contribution in [0.15, 0.2) is 45.6 Å². The summed E-state index contributed by atoms with van der Waals surface area (Å²) >= 11 is 0. The molecule has 0 unspecified atom stereocenters. The number of Topliss-reactive ketones (excluding diaryl/α,β-unsaturated/α-hetero) is 1. The van der Waals surface area contributed by atoms with Crippen LogP contribution in [0.4, 0.5) is 0 Å². The molecule has 0 aliphatic rings. The first kappa shape index (κ1) is 12.4. The minimum atomic E-state index is -0.164. The molecule has 20 heavy (non-hydrogen) atoms. The highest BCUT2D eigenvalue weighted by Crippen LogP contribution is 2.28. The number of rotatable bonds is 2. The molecule has 4 heteroatoms. The Morgan fingerprint density at radius 1 is 1.15 bits per heavy atom. The van der Waals surface area contributed by atoms with Crippen LogP contribution in [0.5, 0.6) is 5.75 Å². The largest absolute Gasteiger partial charge is 0.493 e. The highest BCUT2D eigenvalue weighted by atomic mass is 16.5. The standard InChI is InChI=1S/C16H12O4/c1-9(17)10-7-12-15(18)11-5-3-4-6-13(11)20-16(12)14(8-10)19-2/h3-8H,1-2H3. The van der Waals surface area contributed by atoms with Crippen LogP contribution in [0.1, 0.15) is 17.3 Å². The molecule has 1 aromatic heterocycles. The number of ether oxygens (including phenoxy) is 1. The lowest BCUT2D eigenvalue weighted by atomic mass is 10.1. The Hall–Kier alpha value is -2.62. The molecule has 0 bridgehead atoms. The summed E-state index contributed by atoms with van der Waals surface area (Å²) < 4.78 is 11.0. The first-order chi connectivity index (χ1) is 9.61. The van der Waals surface area contributed by atoms with Gasteiger partial charge in [0.15, 0.2) is 17.1 Å². The summed E-state index contributed by atoms with van der Waals surface area (Å²) in [4.78, 5) is 24.0. The average molecular weight is 268 g/mol. The van der Waals surface area contributed by atoms with E-state index < -0.39 is 0 Å². The van der Waals surface area contributed by atoms with Gasteiger partial charge in [-0.2, -0.15) is 0 Å². The number of para-hydroxylation sites is 1. The Morgan fingerprint density at radius 3 is 2.60 bits per heavy atom. The van der Waals surface area contributed by atoms with Crippen LogP contribution in [-0.4, -0.2) is 12.9 Å². The van der Waals surface area contributed by atoms with Crippen LogP contribution in [0.25, 0.3) is 21.9 Å². The van der Waals surface area contributed by atoms with E-state index in [1.54, 1.807) is 36.4 Å². The van der Waals surface area contributed by atoms with Crippen LogP contribution in [0.2, 0.25) is 0 Å². The lowest BCUT2D eigenvalue weighted by Gasteiger charge is -2.07. The van der Waals surface area contributed by atoms with Crippen LogP contribution in [0, 0.1) is 0 Å². The molecule has 4 nitrogen and oxygen atoms in total. The molecule has 0 aliphatic heterocycles. The van der Waals surface area contributed by atoms with Gasteiger partial charge in [0.2, 0.25) is 5.43 Å². The number of ketones is 1. The summed E-state index contributed by atoms with van der Waals surface area (Å²) in [6.45, 7) is 1.45. The number of carbonyl (C=O) groups excluding carboxylic acids is 1. The van der Waals surface area contributed by atoms with Crippen molar-refractivity contribution in [3.63, 3.8) is 0 Å². The second-order valence-corrected chi connectivity index (χ2v) is 4.54. The van der Waals surface area contributed by atoms with Crippen molar-refractivity contribution >= 4 is 27.7 Å². The second-order valence-electron chi connectivity index (χ2n) is 4.54. The van der Waals surface area contributed by atoms with Gasteiger partial charge >= 0.3 is 0 Å². The van der Waals surface area contributed by atoms with Crippen molar-refractivity contribution < 1.29 is 13.9 Å². The number of hydrogen-bond acceptors (Lipinski definition) is 4. The summed E-state index contributed by atoms with van der Waals surface area (Å²) in [5, 5.41) is 0.844. The number of carbonyl (C=O) groups is 1. The van der Waals surface area contributed by atoms with E-state index in [0.29, 0.717) is 33.3 Å². The second kappa shape index (κ2) is 4.49. The van der Waals surface area contributed by atoms with Gasteiger partial charge in [-0.05, 0) is 31.2 Å². The van der Waals surface area contributed by atoms with Crippen molar-refractivity contribution in [2.45, 2.75) is 6.92 Å². The van der Waals surface area contributed by atoms with Gasteiger partial charge in [-0.3, -0.25) is 9.59 Å². The maximum Gasteiger partial charge on any atom is 0.200 e. The molecule has 0 amide bonds. The highest BCUT2D eigenvalue weighted by molar-refractivity contribution is 6.01. The molecular formula is C16H12O4. The summed E-state index contributed by atoms with van der Waals surface area (Å²) in [6, 6.07) is 10.1. The smallest absolute Gasteiger partial charge is 0.200 e. The average Bonchev–Trinajstić information content (AvgIpc) is 2.46. The van der Waals surface area contributed by atoms with E-state index in [1.165, 1.54) is 14.0 Å². The third kappa shape index (κ3) is 1.77. The van der Waals surface area contributed by atoms with Crippen LogP contribution >= 0.6 is 0 Å². The predicted octanol–water partition coefficient (Wildman–Crippen LogP) is 3.16. The van der Waals surface area contributed by atoms with Gasteiger partial charge in [0, 0.05) is 5.56 Å². The number of fused-ring (bicyclic) bond motifs is 2. The first-order valence-corrected chi connectivity index (χ1v) is 6.16. The number of benzene rings is 2. The van der Waals surface area contributed by atoms with E-state index in [2.05, 4.69) is 0 Å². The summed E-state index contributed by atoms with van der Waals surface area (Å²) in [5.41, 5.74) is 1.13. The molecular weight excluding hydrogens is 256 g/mol. The van der Waals surface area contributed by atoms with Gasteiger partial charge in [-0.25, -0.2) is 0 Å².